The van der Waals surface area contributed by atoms with Gasteiger partial charge in [0.2, 0.25) is 0 Å². The second kappa shape index (κ2) is 7.99. The number of aromatic nitrogens is 2. The van der Waals surface area contributed by atoms with Crippen molar-refractivity contribution < 1.29 is 4.92 Å². The monoisotopic (exact) mass is 282 g/mol. The summed E-state index contributed by atoms with van der Waals surface area (Å²) in [4.78, 5) is 11.0. The summed E-state index contributed by atoms with van der Waals surface area (Å²) in [5, 5.41) is 19.1. The number of nitro groups is 1. The van der Waals surface area contributed by atoms with E-state index in [-0.39, 0.29) is 16.7 Å². The summed E-state index contributed by atoms with van der Waals surface area (Å²) < 4.78 is 1.67. The summed E-state index contributed by atoms with van der Waals surface area (Å²) in [5.41, 5.74) is 1.52. The van der Waals surface area contributed by atoms with Gasteiger partial charge in [-0.3, -0.25) is 14.8 Å². The lowest BCUT2D eigenvalue weighted by atomic mass is 10.0. The van der Waals surface area contributed by atoms with E-state index in [9.17, 15) is 10.1 Å². The number of rotatable bonds is 9. The molecule has 6 heteroatoms. The molecule has 0 fully saturated rings. The van der Waals surface area contributed by atoms with Gasteiger partial charge in [-0.1, -0.05) is 27.2 Å². The van der Waals surface area contributed by atoms with Crippen LogP contribution in [0.25, 0.3) is 0 Å². The lowest BCUT2D eigenvalue weighted by Crippen LogP contribution is -2.32. The van der Waals surface area contributed by atoms with Crippen LogP contribution < -0.4 is 5.32 Å². The molecule has 0 spiro atoms. The van der Waals surface area contributed by atoms with Crippen LogP contribution in [0.2, 0.25) is 0 Å². The van der Waals surface area contributed by atoms with E-state index in [0.717, 1.165) is 31.5 Å². The summed E-state index contributed by atoms with van der Waals surface area (Å²) >= 11 is 0. The topological polar surface area (TPSA) is 73.0 Å². The molecule has 1 rings (SSSR count). The van der Waals surface area contributed by atoms with Crippen molar-refractivity contribution in [1.29, 1.82) is 0 Å². The van der Waals surface area contributed by atoms with E-state index in [0.29, 0.717) is 18.5 Å². The van der Waals surface area contributed by atoms with Gasteiger partial charge in [-0.05, 0) is 25.8 Å². The van der Waals surface area contributed by atoms with Gasteiger partial charge in [0.15, 0.2) is 0 Å². The largest absolute Gasteiger partial charge is 0.314 e. The Morgan fingerprint density at radius 3 is 2.55 bits per heavy atom. The lowest BCUT2D eigenvalue weighted by molar-refractivity contribution is -0.386. The number of nitrogens with zero attached hydrogens (tertiary/aromatic N) is 3. The average Bonchev–Trinajstić information content (AvgIpc) is 2.73. The van der Waals surface area contributed by atoms with Crippen LogP contribution in [-0.2, 0) is 19.9 Å². The van der Waals surface area contributed by atoms with Crippen molar-refractivity contribution in [2.75, 3.05) is 6.54 Å². The molecule has 0 aliphatic carbocycles. The van der Waals surface area contributed by atoms with Crippen LogP contribution in [0.4, 0.5) is 5.69 Å². The number of hydrogen-bond donors (Lipinski definition) is 1. The van der Waals surface area contributed by atoms with Crippen LogP contribution in [0.3, 0.4) is 0 Å². The van der Waals surface area contributed by atoms with Gasteiger partial charge in [-0.15, -0.1) is 0 Å². The van der Waals surface area contributed by atoms with E-state index in [1.807, 2.05) is 6.92 Å². The van der Waals surface area contributed by atoms with Crippen molar-refractivity contribution in [2.24, 2.45) is 7.05 Å². The van der Waals surface area contributed by atoms with Gasteiger partial charge in [-0.2, -0.15) is 5.10 Å². The second-order valence-corrected chi connectivity index (χ2v) is 5.12. The van der Waals surface area contributed by atoms with E-state index < -0.39 is 0 Å². The molecule has 0 saturated heterocycles. The molecule has 1 N–H and O–H groups in total. The third kappa shape index (κ3) is 4.03. The van der Waals surface area contributed by atoms with Crippen LogP contribution >= 0.6 is 0 Å². The van der Waals surface area contributed by atoms with Gasteiger partial charge in [0.05, 0.1) is 4.92 Å². The first-order valence-corrected chi connectivity index (χ1v) is 7.47. The minimum Gasteiger partial charge on any atom is -0.314 e. The molecule has 6 nitrogen and oxygen atoms in total. The molecular formula is C14H26N4O2. The molecule has 1 aromatic rings. The van der Waals surface area contributed by atoms with E-state index >= 15 is 0 Å². The van der Waals surface area contributed by atoms with E-state index in [4.69, 9.17) is 0 Å². The number of aryl methyl sites for hydroxylation is 2. The van der Waals surface area contributed by atoms with E-state index in [2.05, 4.69) is 24.3 Å². The molecule has 0 saturated carbocycles. The maximum Gasteiger partial charge on any atom is 0.313 e. The first-order valence-electron chi connectivity index (χ1n) is 7.47. The molecule has 0 amide bonds. The molecule has 114 valence electrons. The highest BCUT2D eigenvalue weighted by molar-refractivity contribution is 5.41. The van der Waals surface area contributed by atoms with Gasteiger partial charge in [0, 0.05) is 19.5 Å². The van der Waals surface area contributed by atoms with Gasteiger partial charge in [0.25, 0.3) is 0 Å². The molecule has 1 unspecified atom stereocenters. The summed E-state index contributed by atoms with van der Waals surface area (Å²) in [5.74, 6) is 0. The van der Waals surface area contributed by atoms with Crippen molar-refractivity contribution in [2.45, 2.75) is 58.9 Å². The normalized spacial score (nSPS) is 12.6. The zero-order valence-electron chi connectivity index (χ0n) is 13.0. The Bertz CT molecular complexity index is 443. The maximum absolute atomic E-state index is 11.3. The highest BCUT2D eigenvalue weighted by Crippen LogP contribution is 2.25. The standard InChI is InChI=1S/C14H26N4O2/c1-5-8-11(15-9-6-2)10-13-14(18(19)20)12(7-3)16-17(13)4/h11,15H,5-10H2,1-4H3. The molecule has 0 aliphatic heterocycles. The van der Waals surface area contributed by atoms with Crippen LogP contribution in [-0.4, -0.2) is 27.3 Å². The molecule has 1 atom stereocenters. The van der Waals surface area contributed by atoms with Crippen LogP contribution in [0, 0.1) is 10.1 Å². The Morgan fingerprint density at radius 1 is 1.35 bits per heavy atom. The van der Waals surface area contributed by atoms with Gasteiger partial charge < -0.3 is 5.32 Å². The third-order valence-corrected chi connectivity index (χ3v) is 3.49. The summed E-state index contributed by atoms with van der Waals surface area (Å²) in [6, 6.07) is 0.277. The number of nitrogens with one attached hydrogen (secondary N) is 1. The molecule has 0 radical (unpaired) electrons. The zero-order valence-corrected chi connectivity index (χ0v) is 13.0. The Balaban J connectivity index is 2.98. The van der Waals surface area contributed by atoms with Crippen molar-refractivity contribution in [3.8, 4) is 0 Å². The van der Waals surface area contributed by atoms with Gasteiger partial charge in [0.1, 0.15) is 11.4 Å². The third-order valence-electron chi connectivity index (χ3n) is 3.49. The van der Waals surface area contributed by atoms with E-state index in [1.165, 1.54) is 0 Å². The minimum absolute atomic E-state index is 0.203. The van der Waals surface area contributed by atoms with Crippen LogP contribution in [0.5, 0.6) is 0 Å². The van der Waals surface area contributed by atoms with Crippen molar-refractivity contribution >= 4 is 5.69 Å². The fraction of sp³-hybridized carbons (Fsp3) is 0.786. The quantitative estimate of drug-likeness (QED) is 0.558. The Kier molecular flexibility index (Phi) is 6.64. The van der Waals surface area contributed by atoms with Crippen LogP contribution in [0.15, 0.2) is 0 Å². The molecule has 0 aliphatic rings. The minimum atomic E-state index is -0.288. The zero-order chi connectivity index (χ0) is 15.1. The Labute approximate surface area is 120 Å². The highest BCUT2D eigenvalue weighted by atomic mass is 16.6. The summed E-state index contributed by atoms with van der Waals surface area (Å²) in [7, 11) is 1.80. The maximum atomic E-state index is 11.3. The van der Waals surface area contributed by atoms with Crippen LogP contribution in [0.1, 0.15) is 51.4 Å². The molecule has 0 bridgehead atoms. The molecule has 1 aromatic heterocycles. The highest BCUT2D eigenvalue weighted by Gasteiger charge is 2.26. The van der Waals surface area contributed by atoms with Crippen molar-refractivity contribution in [3.05, 3.63) is 21.5 Å². The fourth-order valence-electron chi connectivity index (χ4n) is 2.49. The fourth-order valence-corrected chi connectivity index (χ4v) is 2.49. The Hall–Kier alpha value is -1.43. The SMILES string of the molecule is CCCNC(CCC)Cc1c([N+](=O)[O-])c(CC)nn1C. The van der Waals surface area contributed by atoms with Crippen molar-refractivity contribution in [1.82, 2.24) is 15.1 Å². The van der Waals surface area contributed by atoms with Gasteiger partial charge >= 0.3 is 5.69 Å². The second-order valence-electron chi connectivity index (χ2n) is 5.12. The first-order chi connectivity index (χ1) is 9.54. The smallest absolute Gasteiger partial charge is 0.313 e. The predicted octanol–water partition coefficient (Wildman–Crippen LogP) is 2.60. The summed E-state index contributed by atoms with van der Waals surface area (Å²) in [6.45, 7) is 7.10. The summed E-state index contributed by atoms with van der Waals surface area (Å²) in [6.07, 6.45) is 4.39. The molecule has 20 heavy (non-hydrogen) atoms. The Morgan fingerprint density at radius 2 is 2.05 bits per heavy atom. The van der Waals surface area contributed by atoms with Crippen molar-refractivity contribution in [3.63, 3.8) is 0 Å². The molecular weight excluding hydrogens is 256 g/mol. The van der Waals surface area contributed by atoms with E-state index in [1.54, 1.807) is 11.7 Å². The molecule has 1 heterocycles. The number of hydrogen-bond acceptors (Lipinski definition) is 4. The lowest BCUT2D eigenvalue weighted by Gasteiger charge is -2.17. The van der Waals surface area contributed by atoms with Gasteiger partial charge in [-0.25, -0.2) is 0 Å². The molecule has 0 aromatic carbocycles. The first kappa shape index (κ1) is 16.6. The predicted molar refractivity (Wildman–Crippen MR) is 79.9 cm³/mol. The average molecular weight is 282 g/mol.